The molecular weight excluding hydrogens is 290 g/mol. The fraction of sp³-hybridized carbons (Fsp3) is 0.0526. The van der Waals surface area contributed by atoms with Gasteiger partial charge < -0.3 is 9.73 Å². The predicted octanol–water partition coefficient (Wildman–Crippen LogP) is 4.29. The van der Waals surface area contributed by atoms with Gasteiger partial charge in [0.25, 0.3) is 0 Å². The molecule has 0 saturated heterocycles. The van der Waals surface area contributed by atoms with Crippen molar-refractivity contribution < 1.29 is 14.0 Å². The molecule has 1 heterocycles. The third-order valence-corrected chi connectivity index (χ3v) is 3.40. The lowest BCUT2D eigenvalue weighted by Crippen LogP contribution is -2.07. The van der Waals surface area contributed by atoms with Crippen LogP contribution >= 0.6 is 0 Å². The van der Waals surface area contributed by atoms with Gasteiger partial charge in [-0.05, 0) is 49.4 Å². The predicted molar refractivity (Wildman–Crippen MR) is 90.3 cm³/mol. The number of fused-ring (bicyclic) bond motifs is 1. The summed E-state index contributed by atoms with van der Waals surface area (Å²) in [5.41, 5.74) is 2.03. The van der Waals surface area contributed by atoms with Crippen LogP contribution in [0.25, 0.3) is 17.0 Å². The Hall–Kier alpha value is -3.14. The van der Waals surface area contributed by atoms with Crippen LogP contribution in [0.5, 0.6) is 0 Å². The van der Waals surface area contributed by atoms with E-state index < -0.39 is 0 Å². The summed E-state index contributed by atoms with van der Waals surface area (Å²) in [7, 11) is 0. The topological polar surface area (TPSA) is 59.3 Å². The van der Waals surface area contributed by atoms with E-state index in [-0.39, 0.29) is 11.7 Å². The number of rotatable bonds is 4. The largest absolute Gasteiger partial charge is 0.457 e. The Bertz CT molecular complexity index is 855. The molecule has 0 fully saturated rings. The molecule has 1 aromatic heterocycles. The zero-order valence-corrected chi connectivity index (χ0v) is 12.6. The van der Waals surface area contributed by atoms with Gasteiger partial charge in [-0.2, -0.15) is 0 Å². The van der Waals surface area contributed by atoms with Gasteiger partial charge in [0.15, 0.2) is 5.78 Å². The van der Waals surface area contributed by atoms with E-state index in [1.807, 2.05) is 30.3 Å². The molecule has 2 aromatic carbocycles. The first-order chi connectivity index (χ1) is 11.1. The van der Waals surface area contributed by atoms with Gasteiger partial charge in [-0.15, -0.1) is 0 Å². The van der Waals surface area contributed by atoms with Crippen molar-refractivity contribution in [1.82, 2.24) is 0 Å². The van der Waals surface area contributed by atoms with Crippen LogP contribution < -0.4 is 5.32 Å². The molecule has 0 aliphatic heterocycles. The number of Topliss-reactive ketones (excluding diaryl/α,β-unsaturated/α-hetero) is 1. The Balaban J connectivity index is 1.67. The highest BCUT2D eigenvalue weighted by molar-refractivity contribution is 6.02. The number of ketones is 1. The van der Waals surface area contributed by atoms with E-state index >= 15 is 0 Å². The molecule has 0 atom stereocenters. The van der Waals surface area contributed by atoms with E-state index in [1.54, 1.807) is 30.3 Å². The van der Waals surface area contributed by atoms with Gasteiger partial charge in [0.2, 0.25) is 5.91 Å². The molecule has 23 heavy (non-hydrogen) atoms. The standard InChI is InChI=1S/C19H15NO3/c1-13(21)14-6-8-16(9-7-14)20-19(22)11-10-17-12-15-4-2-3-5-18(15)23-17/h2-12H,1H3,(H,20,22)/b11-10+. The number of benzene rings is 2. The first-order valence-corrected chi connectivity index (χ1v) is 7.20. The van der Waals surface area contributed by atoms with Crippen molar-refractivity contribution in [2.45, 2.75) is 6.92 Å². The van der Waals surface area contributed by atoms with Gasteiger partial charge in [0, 0.05) is 22.7 Å². The number of anilines is 1. The first kappa shape index (κ1) is 14.8. The molecule has 1 amide bonds. The second-order valence-corrected chi connectivity index (χ2v) is 5.14. The second kappa shape index (κ2) is 6.32. The summed E-state index contributed by atoms with van der Waals surface area (Å²) in [6, 6.07) is 16.3. The van der Waals surface area contributed by atoms with Crippen molar-refractivity contribution >= 4 is 34.4 Å². The Kier molecular flexibility index (Phi) is 4.06. The van der Waals surface area contributed by atoms with Crippen LogP contribution in [-0.2, 0) is 4.79 Å². The summed E-state index contributed by atoms with van der Waals surface area (Å²) in [5, 5.41) is 3.73. The van der Waals surface area contributed by atoms with Crippen molar-refractivity contribution in [2.24, 2.45) is 0 Å². The molecule has 4 heteroatoms. The number of furan rings is 1. The average molecular weight is 305 g/mol. The fourth-order valence-electron chi connectivity index (χ4n) is 2.21. The van der Waals surface area contributed by atoms with Crippen LogP contribution in [0.2, 0.25) is 0 Å². The molecule has 0 aliphatic rings. The summed E-state index contributed by atoms with van der Waals surface area (Å²) >= 11 is 0. The van der Waals surface area contributed by atoms with Crippen molar-refractivity contribution in [3.63, 3.8) is 0 Å². The quantitative estimate of drug-likeness (QED) is 0.578. The molecule has 1 N–H and O–H groups in total. The van der Waals surface area contributed by atoms with Crippen molar-refractivity contribution in [1.29, 1.82) is 0 Å². The number of carbonyl (C=O) groups is 2. The highest BCUT2D eigenvalue weighted by atomic mass is 16.3. The number of nitrogens with one attached hydrogen (secondary N) is 1. The maximum absolute atomic E-state index is 11.9. The van der Waals surface area contributed by atoms with Gasteiger partial charge in [-0.3, -0.25) is 9.59 Å². The fourth-order valence-corrected chi connectivity index (χ4v) is 2.21. The molecule has 0 radical (unpaired) electrons. The van der Waals surface area contributed by atoms with E-state index in [2.05, 4.69) is 5.32 Å². The van der Waals surface area contributed by atoms with E-state index in [4.69, 9.17) is 4.42 Å². The first-order valence-electron chi connectivity index (χ1n) is 7.20. The zero-order chi connectivity index (χ0) is 16.2. The Labute approximate surface area is 133 Å². The van der Waals surface area contributed by atoms with Crippen LogP contribution in [0.3, 0.4) is 0 Å². The molecule has 0 saturated carbocycles. The molecule has 3 aromatic rings. The lowest BCUT2D eigenvalue weighted by Gasteiger charge is -2.02. The molecule has 0 bridgehead atoms. The van der Waals surface area contributed by atoms with Gasteiger partial charge in [0.05, 0.1) is 0 Å². The number of para-hydroxylation sites is 1. The molecule has 0 unspecified atom stereocenters. The lowest BCUT2D eigenvalue weighted by molar-refractivity contribution is -0.111. The van der Waals surface area contributed by atoms with Crippen molar-refractivity contribution in [3.05, 3.63) is 72.0 Å². The Morgan fingerprint density at radius 1 is 1.04 bits per heavy atom. The molecule has 114 valence electrons. The van der Waals surface area contributed by atoms with Gasteiger partial charge in [-0.1, -0.05) is 18.2 Å². The molecule has 0 spiro atoms. The summed E-state index contributed by atoms with van der Waals surface area (Å²) in [5.74, 6) is 0.349. The number of carbonyl (C=O) groups excluding carboxylic acids is 2. The number of hydrogen-bond donors (Lipinski definition) is 1. The van der Waals surface area contributed by atoms with E-state index in [0.717, 1.165) is 11.0 Å². The zero-order valence-electron chi connectivity index (χ0n) is 12.6. The molecule has 3 rings (SSSR count). The maximum Gasteiger partial charge on any atom is 0.248 e. The van der Waals surface area contributed by atoms with Crippen LogP contribution in [0.1, 0.15) is 23.0 Å². The second-order valence-electron chi connectivity index (χ2n) is 5.14. The number of amides is 1. The van der Waals surface area contributed by atoms with Crippen LogP contribution in [0, 0.1) is 0 Å². The van der Waals surface area contributed by atoms with Gasteiger partial charge in [0.1, 0.15) is 11.3 Å². The highest BCUT2D eigenvalue weighted by Crippen LogP contribution is 2.19. The average Bonchev–Trinajstić information content (AvgIpc) is 2.96. The third-order valence-electron chi connectivity index (χ3n) is 3.40. The van der Waals surface area contributed by atoms with Crippen LogP contribution in [0.15, 0.2) is 65.1 Å². The van der Waals surface area contributed by atoms with E-state index in [9.17, 15) is 9.59 Å². The Morgan fingerprint density at radius 2 is 1.78 bits per heavy atom. The minimum absolute atomic E-state index is 0.00680. The summed E-state index contributed by atoms with van der Waals surface area (Å²) in [6.07, 6.45) is 3.04. The smallest absolute Gasteiger partial charge is 0.248 e. The number of hydrogen-bond acceptors (Lipinski definition) is 3. The maximum atomic E-state index is 11.9. The molecule has 4 nitrogen and oxygen atoms in total. The SMILES string of the molecule is CC(=O)c1ccc(NC(=O)/C=C/c2cc3ccccc3o2)cc1. The van der Waals surface area contributed by atoms with Crippen LogP contribution in [-0.4, -0.2) is 11.7 Å². The van der Waals surface area contributed by atoms with Gasteiger partial charge in [-0.25, -0.2) is 0 Å². The van der Waals surface area contributed by atoms with Crippen LogP contribution in [0.4, 0.5) is 5.69 Å². The third kappa shape index (κ3) is 3.55. The van der Waals surface area contributed by atoms with Crippen molar-refractivity contribution in [2.75, 3.05) is 5.32 Å². The molecule has 0 aliphatic carbocycles. The highest BCUT2D eigenvalue weighted by Gasteiger charge is 2.03. The monoisotopic (exact) mass is 305 g/mol. The normalized spacial score (nSPS) is 11.0. The lowest BCUT2D eigenvalue weighted by atomic mass is 10.1. The minimum atomic E-state index is -0.263. The summed E-state index contributed by atoms with van der Waals surface area (Å²) in [6.45, 7) is 1.50. The summed E-state index contributed by atoms with van der Waals surface area (Å²) < 4.78 is 5.61. The minimum Gasteiger partial charge on any atom is -0.457 e. The Morgan fingerprint density at radius 3 is 2.48 bits per heavy atom. The van der Waals surface area contributed by atoms with Crippen molar-refractivity contribution in [3.8, 4) is 0 Å². The summed E-state index contributed by atoms with van der Waals surface area (Å²) in [4.78, 5) is 23.1. The van der Waals surface area contributed by atoms with E-state index in [0.29, 0.717) is 17.0 Å². The molecular formula is C19H15NO3. The van der Waals surface area contributed by atoms with E-state index in [1.165, 1.54) is 13.0 Å². The van der Waals surface area contributed by atoms with Gasteiger partial charge >= 0.3 is 0 Å².